The maximum atomic E-state index is 12.0. The van der Waals surface area contributed by atoms with Crippen LogP contribution in [0.3, 0.4) is 0 Å². The minimum absolute atomic E-state index is 0.00184. The highest BCUT2D eigenvalue weighted by molar-refractivity contribution is 7.90. The Bertz CT molecular complexity index is 676. The molecule has 0 bridgehead atoms. The van der Waals surface area contributed by atoms with E-state index in [1.807, 2.05) is 0 Å². The zero-order valence-corrected chi connectivity index (χ0v) is 12.4. The van der Waals surface area contributed by atoms with E-state index in [-0.39, 0.29) is 15.8 Å². The molecule has 1 aliphatic carbocycles. The van der Waals surface area contributed by atoms with E-state index in [2.05, 4.69) is 9.44 Å². The summed E-state index contributed by atoms with van der Waals surface area (Å²) in [6.07, 6.45) is 0.336. The van der Waals surface area contributed by atoms with Gasteiger partial charge in [0.1, 0.15) is 0 Å². The first kappa shape index (κ1) is 15.4. The van der Waals surface area contributed by atoms with Gasteiger partial charge in [0.05, 0.1) is 15.9 Å². The molecule has 0 aromatic heterocycles. The summed E-state index contributed by atoms with van der Waals surface area (Å²) in [5, 5.41) is 9.13. The molecule has 0 spiro atoms. The fourth-order valence-corrected chi connectivity index (χ4v) is 3.88. The average Bonchev–Trinajstić information content (AvgIpc) is 2.37. The Morgan fingerprint density at radius 3 is 1.85 bits per heavy atom. The first-order valence-corrected chi connectivity index (χ1v) is 8.95. The normalized spacial score (nSPS) is 23.3. The van der Waals surface area contributed by atoms with Crippen molar-refractivity contribution in [2.24, 2.45) is 0 Å². The minimum atomic E-state index is -3.69. The number of benzene rings is 1. The number of hydrogen-bond acceptors (Lipinski definition) is 5. The molecule has 112 valence electrons. The molecule has 0 saturated heterocycles. The van der Waals surface area contributed by atoms with Crippen molar-refractivity contribution in [1.82, 2.24) is 9.44 Å². The van der Waals surface area contributed by atoms with E-state index in [1.165, 1.54) is 31.3 Å². The molecule has 0 radical (unpaired) electrons. The van der Waals surface area contributed by atoms with Crippen molar-refractivity contribution in [3.63, 3.8) is 0 Å². The Morgan fingerprint density at radius 1 is 1.00 bits per heavy atom. The molecule has 1 aliphatic rings. The van der Waals surface area contributed by atoms with E-state index in [4.69, 9.17) is 5.11 Å². The highest BCUT2D eigenvalue weighted by Gasteiger charge is 2.31. The number of aliphatic hydroxyl groups excluding tert-OH is 1. The molecule has 1 aromatic carbocycles. The standard InChI is InChI=1S/C11H16N2O5S2/c1-12-19(15,16)10-2-4-11(5-3-10)20(17,18)13-8-6-9(14)7-8/h2-5,8-9,12-14H,6-7H2,1H3. The average molecular weight is 320 g/mol. The summed E-state index contributed by atoms with van der Waals surface area (Å²) in [6.45, 7) is 0. The number of sulfonamides is 2. The molecule has 0 atom stereocenters. The predicted molar refractivity (Wildman–Crippen MR) is 72.0 cm³/mol. The highest BCUT2D eigenvalue weighted by atomic mass is 32.2. The van der Waals surface area contributed by atoms with Gasteiger partial charge in [-0.3, -0.25) is 0 Å². The van der Waals surface area contributed by atoms with Crippen LogP contribution in [0, 0.1) is 0 Å². The van der Waals surface area contributed by atoms with E-state index in [0.29, 0.717) is 12.8 Å². The molecule has 0 amide bonds. The van der Waals surface area contributed by atoms with Gasteiger partial charge in [-0.05, 0) is 44.2 Å². The van der Waals surface area contributed by atoms with Gasteiger partial charge < -0.3 is 5.11 Å². The summed E-state index contributed by atoms with van der Waals surface area (Å²) in [7, 11) is -5.99. The molecule has 2 rings (SSSR count). The number of nitrogens with one attached hydrogen (secondary N) is 2. The van der Waals surface area contributed by atoms with Crippen molar-refractivity contribution >= 4 is 20.0 Å². The molecule has 1 aromatic rings. The van der Waals surface area contributed by atoms with E-state index >= 15 is 0 Å². The Labute approximate surface area is 118 Å². The lowest BCUT2D eigenvalue weighted by Gasteiger charge is -2.31. The van der Waals surface area contributed by atoms with Crippen molar-refractivity contribution < 1.29 is 21.9 Å². The van der Waals surface area contributed by atoms with Crippen LogP contribution in [0.25, 0.3) is 0 Å². The van der Waals surface area contributed by atoms with Crippen LogP contribution < -0.4 is 9.44 Å². The Hall–Kier alpha value is -1.00. The summed E-state index contributed by atoms with van der Waals surface area (Å²) in [5.41, 5.74) is 0. The van der Waals surface area contributed by atoms with Crippen LogP contribution in [-0.4, -0.2) is 41.1 Å². The molecular weight excluding hydrogens is 304 g/mol. The molecule has 20 heavy (non-hydrogen) atoms. The van der Waals surface area contributed by atoms with E-state index < -0.39 is 26.2 Å². The smallest absolute Gasteiger partial charge is 0.240 e. The molecule has 9 heteroatoms. The van der Waals surface area contributed by atoms with Gasteiger partial charge in [0.25, 0.3) is 0 Å². The molecule has 1 saturated carbocycles. The topological polar surface area (TPSA) is 113 Å². The van der Waals surface area contributed by atoms with Gasteiger partial charge in [-0.15, -0.1) is 0 Å². The summed E-state index contributed by atoms with van der Waals surface area (Å²) in [6, 6.07) is 4.67. The van der Waals surface area contributed by atoms with E-state index in [9.17, 15) is 16.8 Å². The first-order valence-electron chi connectivity index (χ1n) is 5.98. The van der Waals surface area contributed by atoms with Crippen LogP contribution in [0.2, 0.25) is 0 Å². The van der Waals surface area contributed by atoms with Gasteiger partial charge in [-0.25, -0.2) is 26.3 Å². The largest absolute Gasteiger partial charge is 0.393 e. The third kappa shape index (κ3) is 3.18. The van der Waals surface area contributed by atoms with Gasteiger partial charge in [-0.2, -0.15) is 0 Å². The molecule has 0 unspecified atom stereocenters. The minimum Gasteiger partial charge on any atom is -0.393 e. The predicted octanol–water partition coefficient (Wildman–Crippen LogP) is -0.604. The number of aliphatic hydroxyl groups is 1. The molecule has 7 nitrogen and oxygen atoms in total. The van der Waals surface area contributed by atoms with Gasteiger partial charge >= 0.3 is 0 Å². The maximum absolute atomic E-state index is 12.0. The van der Waals surface area contributed by atoms with Crippen LogP contribution >= 0.6 is 0 Å². The third-order valence-electron chi connectivity index (χ3n) is 3.15. The molecule has 1 fully saturated rings. The van der Waals surface area contributed by atoms with Gasteiger partial charge in [0.2, 0.25) is 20.0 Å². The molecule has 0 heterocycles. The Balaban J connectivity index is 2.17. The third-order valence-corrected chi connectivity index (χ3v) is 6.11. The maximum Gasteiger partial charge on any atom is 0.240 e. The zero-order chi connectivity index (χ0) is 15.0. The van der Waals surface area contributed by atoms with Crippen LogP contribution in [0.15, 0.2) is 34.1 Å². The highest BCUT2D eigenvalue weighted by Crippen LogP contribution is 2.22. The molecular formula is C11H16N2O5S2. The summed E-state index contributed by atoms with van der Waals surface area (Å²) in [5.74, 6) is 0. The number of hydrogen-bond donors (Lipinski definition) is 3. The summed E-state index contributed by atoms with van der Waals surface area (Å²) in [4.78, 5) is -0.00745. The van der Waals surface area contributed by atoms with Crippen molar-refractivity contribution in [2.75, 3.05) is 7.05 Å². The van der Waals surface area contributed by atoms with Gasteiger partial charge in [0.15, 0.2) is 0 Å². The van der Waals surface area contributed by atoms with Crippen molar-refractivity contribution in [3.8, 4) is 0 Å². The van der Waals surface area contributed by atoms with Crippen molar-refractivity contribution in [3.05, 3.63) is 24.3 Å². The summed E-state index contributed by atoms with van der Waals surface area (Å²) >= 11 is 0. The van der Waals surface area contributed by atoms with Crippen LogP contribution in [0.4, 0.5) is 0 Å². The second-order valence-electron chi connectivity index (χ2n) is 4.62. The first-order chi connectivity index (χ1) is 9.24. The van der Waals surface area contributed by atoms with Crippen LogP contribution in [0.5, 0.6) is 0 Å². The lowest BCUT2D eigenvalue weighted by atomic mass is 9.91. The van der Waals surface area contributed by atoms with Crippen molar-refractivity contribution in [1.29, 1.82) is 0 Å². The van der Waals surface area contributed by atoms with Gasteiger partial charge in [-0.1, -0.05) is 0 Å². The zero-order valence-electron chi connectivity index (χ0n) is 10.8. The second-order valence-corrected chi connectivity index (χ2v) is 8.22. The lowest BCUT2D eigenvalue weighted by Crippen LogP contribution is -2.46. The van der Waals surface area contributed by atoms with Gasteiger partial charge in [0, 0.05) is 6.04 Å². The fourth-order valence-electron chi connectivity index (χ4n) is 1.89. The SMILES string of the molecule is CNS(=O)(=O)c1ccc(S(=O)(=O)NC2CC(O)C2)cc1. The molecule has 3 N–H and O–H groups in total. The molecule has 0 aliphatic heterocycles. The second kappa shape index (κ2) is 5.41. The van der Waals surface area contributed by atoms with Crippen molar-refractivity contribution in [2.45, 2.75) is 34.8 Å². The monoisotopic (exact) mass is 320 g/mol. The number of rotatable bonds is 5. The summed E-state index contributed by atoms with van der Waals surface area (Å²) < 4.78 is 51.7. The van der Waals surface area contributed by atoms with E-state index in [0.717, 1.165) is 0 Å². The Kier molecular flexibility index (Phi) is 4.17. The van der Waals surface area contributed by atoms with Crippen LogP contribution in [0.1, 0.15) is 12.8 Å². The van der Waals surface area contributed by atoms with E-state index in [1.54, 1.807) is 0 Å². The quantitative estimate of drug-likeness (QED) is 0.670. The van der Waals surface area contributed by atoms with Crippen LogP contribution in [-0.2, 0) is 20.0 Å². The fraction of sp³-hybridized carbons (Fsp3) is 0.455. The Morgan fingerprint density at radius 2 is 1.45 bits per heavy atom. The lowest BCUT2D eigenvalue weighted by molar-refractivity contribution is 0.0712.